The smallest absolute Gasteiger partial charge is 0.0574 e. The van der Waals surface area contributed by atoms with Crippen LogP contribution in [-0.2, 0) is 0 Å². The molecule has 1 heterocycles. The molecular formula is C13H22N2. The molecule has 0 aromatic rings. The lowest BCUT2D eigenvalue weighted by Gasteiger charge is -2.25. The van der Waals surface area contributed by atoms with Gasteiger partial charge in [-0.3, -0.25) is 4.90 Å². The Morgan fingerprint density at radius 3 is 2.67 bits per heavy atom. The molecule has 3 atom stereocenters. The fourth-order valence-corrected chi connectivity index (χ4v) is 3.11. The first-order chi connectivity index (χ1) is 7.31. The highest BCUT2D eigenvalue weighted by molar-refractivity contribution is 4.92. The van der Waals surface area contributed by atoms with Crippen LogP contribution in [0.5, 0.6) is 0 Å². The zero-order valence-electron chi connectivity index (χ0n) is 9.71. The van der Waals surface area contributed by atoms with E-state index < -0.39 is 0 Å². The monoisotopic (exact) mass is 206 g/mol. The number of likely N-dealkylation sites (tertiary alicyclic amines) is 1. The summed E-state index contributed by atoms with van der Waals surface area (Å²) in [6, 6.07) is 0.643. The van der Waals surface area contributed by atoms with Gasteiger partial charge >= 0.3 is 0 Å². The van der Waals surface area contributed by atoms with E-state index in [0.29, 0.717) is 12.6 Å². The molecule has 0 spiro atoms. The zero-order chi connectivity index (χ0) is 10.7. The Kier molecular flexibility index (Phi) is 3.66. The van der Waals surface area contributed by atoms with Crippen molar-refractivity contribution in [2.45, 2.75) is 32.2 Å². The predicted molar refractivity (Wildman–Crippen MR) is 63.6 cm³/mol. The normalized spacial score (nSPS) is 32.5. The number of hydrogen-bond donors (Lipinski definition) is 1. The highest BCUT2D eigenvalue weighted by Crippen LogP contribution is 2.38. The molecule has 1 aliphatic carbocycles. The second-order valence-electron chi connectivity index (χ2n) is 5.09. The van der Waals surface area contributed by atoms with E-state index in [9.17, 15) is 0 Å². The first kappa shape index (κ1) is 11.0. The summed E-state index contributed by atoms with van der Waals surface area (Å²) >= 11 is 0. The van der Waals surface area contributed by atoms with Gasteiger partial charge in [-0.25, -0.2) is 0 Å². The van der Waals surface area contributed by atoms with E-state index in [0.717, 1.165) is 18.4 Å². The Labute approximate surface area is 93.4 Å². The summed E-state index contributed by atoms with van der Waals surface area (Å²) in [5.41, 5.74) is 0. The second-order valence-corrected chi connectivity index (χ2v) is 5.09. The SMILES string of the molecule is C#CCNCC(C)N1CC2CCCC2C1. The van der Waals surface area contributed by atoms with Gasteiger partial charge in [0.1, 0.15) is 0 Å². The number of nitrogens with one attached hydrogen (secondary N) is 1. The second kappa shape index (κ2) is 5.01. The van der Waals surface area contributed by atoms with Crippen LogP contribution in [0.1, 0.15) is 26.2 Å². The Bertz CT molecular complexity index is 231. The summed E-state index contributed by atoms with van der Waals surface area (Å²) in [6.45, 7) is 6.69. The van der Waals surface area contributed by atoms with Gasteiger partial charge < -0.3 is 5.32 Å². The molecule has 0 radical (unpaired) electrons. The van der Waals surface area contributed by atoms with E-state index in [2.05, 4.69) is 23.1 Å². The van der Waals surface area contributed by atoms with Gasteiger partial charge in [-0.1, -0.05) is 12.3 Å². The lowest BCUT2D eigenvalue weighted by Crippen LogP contribution is -2.39. The van der Waals surface area contributed by atoms with Gasteiger partial charge in [0.15, 0.2) is 0 Å². The average molecular weight is 206 g/mol. The third-order valence-electron chi connectivity index (χ3n) is 4.04. The highest BCUT2D eigenvalue weighted by Gasteiger charge is 2.37. The van der Waals surface area contributed by atoms with Crippen molar-refractivity contribution in [1.29, 1.82) is 0 Å². The van der Waals surface area contributed by atoms with Crippen LogP contribution in [0.2, 0.25) is 0 Å². The van der Waals surface area contributed by atoms with E-state index in [-0.39, 0.29) is 0 Å². The molecule has 1 N–H and O–H groups in total. The van der Waals surface area contributed by atoms with Crippen molar-refractivity contribution in [3.63, 3.8) is 0 Å². The molecule has 1 aliphatic heterocycles. The van der Waals surface area contributed by atoms with Crippen LogP contribution < -0.4 is 5.32 Å². The largest absolute Gasteiger partial charge is 0.305 e. The van der Waals surface area contributed by atoms with E-state index in [1.54, 1.807) is 0 Å². The van der Waals surface area contributed by atoms with Gasteiger partial charge in [-0.15, -0.1) is 6.42 Å². The van der Waals surface area contributed by atoms with Gasteiger partial charge in [-0.05, 0) is 31.6 Å². The molecule has 0 amide bonds. The molecule has 2 heteroatoms. The maximum absolute atomic E-state index is 5.22. The summed E-state index contributed by atoms with van der Waals surface area (Å²) in [5.74, 6) is 4.62. The number of rotatable bonds is 4. The molecule has 3 unspecified atom stereocenters. The fraction of sp³-hybridized carbons (Fsp3) is 0.846. The molecule has 1 saturated carbocycles. The van der Waals surface area contributed by atoms with E-state index in [4.69, 9.17) is 6.42 Å². The number of terminal acetylenes is 1. The third-order valence-corrected chi connectivity index (χ3v) is 4.04. The lowest BCUT2D eigenvalue weighted by molar-refractivity contribution is 0.235. The highest BCUT2D eigenvalue weighted by atomic mass is 15.2. The Morgan fingerprint density at radius 1 is 1.40 bits per heavy atom. The topological polar surface area (TPSA) is 15.3 Å². The van der Waals surface area contributed by atoms with Crippen LogP contribution in [0.4, 0.5) is 0 Å². The first-order valence-electron chi connectivity index (χ1n) is 6.19. The Hall–Kier alpha value is -0.520. The summed E-state index contributed by atoms with van der Waals surface area (Å²) in [5, 5.41) is 3.30. The molecular weight excluding hydrogens is 184 g/mol. The van der Waals surface area contributed by atoms with Crippen LogP contribution in [0.25, 0.3) is 0 Å². The predicted octanol–water partition coefficient (Wildman–Crippen LogP) is 1.33. The molecule has 2 nitrogen and oxygen atoms in total. The third kappa shape index (κ3) is 2.53. The fourth-order valence-electron chi connectivity index (χ4n) is 3.11. The van der Waals surface area contributed by atoms with Crippen LogP contribution >= 0.6 is 0 Å². The van der Waals surface area contributed by atoms with Crippen molar-refractivity contribution >= 4 is 0 Å². The molecule has 0 aromatic heterocycles. The molecule has 15 heavy (non-hydrogen) atoms. The summed E-state index contributed by atoms with van der Waals surface area (Å²) in [7, 11) is 0. The van der Waals surface area contributed by atoms with Crippen molar-refractivity contribution in [2.75, 3.05) is 26.2 Å². The zero-order valence-corrected chi connectivity index (χ0v) is 9.71. The summed E-state index contributed by atoms with van der Waals surface area (Å²) in [4.78, 5) is 2.64. The maximum Gasteiger partial charge on any atom is 0.0574 e. The van der Waals surface area contributed by atoms with Crippen molar-refractivity contribution in [1.82, 2.24) is 10.2 Å². The van der Waals surface area contributed by atoms with Gasteiger partial charge in [0.2, 0.25) is 0 Å². The van der Waals surface area contributed by atoms with Crippen molar-refractivity contribution in [3.05, 3.63) is 0 Å². The maximum atomic E-state index is 5.22. The Morgan fingerprint density at radius 2 is 2.07 bits per heavy atom. The lowest BCUT2D eigenvalue weighted by atomic mass is 10.0. The van der Waals surface area contributed by atoms with Crippen LogP contribution in [0.15, 0.2) is 0 Å². The van der Waals surface area contributed by atoms with Gasteiger partial charge in [0.25, 0.3) is 0 Å². The molecule has 2 aliphatic rings. The Balaban J connectivity index is 1.73. The summed E-state index contributed by atoms with van der Waals surface area (Å²) < 4.78 is 0. The minimum absolute atomic E-state index is 0.643. The molecule has 2 fully saturated rings. The summed E-state index contributed by atoms with van der Waals surface area (Å²) in [6.07, 6.45) is 9.61. The minimum atomic E-state index is 0.643. The molecule has 0 bridgehead atoms. The van der Waals surface area contributed by atoms with Crippen LogP contribution in [0.3, 0.4) is 0 Å². The van der Waals surface area contributed by atoms with E-state index in [1.165, 1.54) is 32.4 Å². The molecule has 0 aromatic carbocycles. The number of hydrogen-bond acceptors (Lipinski definition) is 2. The number of fused-ring (bicyclic) bond motifs is 1. The van der Waals surface area contributed by atoms with Crippen molar-refractivity contribution < 1.29 is 0 Å². The standard InChI is InChI=1S/C13H22N2/c1-3-7-14-8-11(2)15-9-12-5-4-6-13(12)10-15/h1,11-14H,4-10H2,2H3. The van der Waals surface area contributed by atoms with Gasteiger partial charge in [-0.2, -0.15) is 0 Å². The van der Waals surface area contributed by atoms with Crippen molar-refractivity contribution in [3.8, 4) is 12.3 Å². The van der Waals surface area contributed by atoms with Gasteiger partial charge in [0, 0.05) is 25.7 Å². The quantitative estimate of drug-likeness (QED) is 0.551. The minimum Gasteiger partial charge on any atom is -0.305 e. The molecule has 2 rings (SSSR count). The van der Waals surface area contributed by atoms with Crippen LogP contribution in [-0.4, -0.2) is 37.1 Å². The van der Waals surface area contributed by atoms with Crippen LogP contribution in [0, 0.1) is 24.2 Å². The number of nitrogens with zero attached hydrogens (tertiary/aromatic N) is 1. The molecule has 1 saturated heterocycles. The average Bonchev–Trinajstić information content (AvgIpc) is 2.76. The van der Waals surface area contributed by atoms with Crippen molar-refractivity contribution in [2.24, 2.45) is 11.8 Å². The first-order valence-corrected chi connectivity index (χ1v) is 6.19. The van der Waals surface area contributed by atoms with E-state index in [1.807, 2.05) is 0 Å². The van der Waals surface area contributed by atoms with Gasteiger partial charge in [0.05, 0.1) is 6.54 Å². The van der Waals surface area contributed by atoms with E-state index >= 15 is 0 Å². The molecule has 84 valence electrons.